The van der Waals surface area contributed by atoms with Crippen LogP contribution in [0.3, 0.4) is 0 Å². The molecule has 0 amide bonds. The molecule has 4 fully saturated rings. The van der Waals surface area contributed by atoms with Gasteiger partial charge in [0.2, 0.25) is 0 Å². The number of carboxylic acids is 1. The van der Waals surface area contributed by atoms with Gasteiger partial charge in [0.15, 0.2) is 0 Å². The third-order valence-corrected chi connectivity index (χ3v) is 8.75. The van der Waals surface area contributed by atoms with E-state index in [2.05, 4.69) is 13.5 Å². The number of aliphatic hydroxyl groups excluding tert-OH is 1. The van der Waals surface area contributed by atoms with Crippen molar-refractivity contribution in [3.8, 4) is 0 Å². The second-order valence-electron chi connectivity index (χ2n) is 9.70. The molecule has 4 saturated carbocycles. The quantitative estimate of drug-likeness (QED) is 0.644. The lowest BCUT2D eigenvalue weighted by Gasteiger charge is -2.65. The summed E-state index contributed by atoms with van der Waals surface area (Å²) in [5.74, 6) is -0.441. The molecule has 134 valence electrons. The van der Waals surface area contributed by atoms with Gasteiger partial charge in [-0.05, 0) is 74.7 Å². The van der Waals surface area contributed by atoms with Crippen LogP contribution >= 0.6 is 0 Å². The van der Waals surface area contributed by atoms with Gasteiger partial charge in [-0.1, -0.05) is 19.9 Å². The zero-order chi connectivity index (χ0) is 17.5. The highest BCUT2D eigenvalue weighted by Gasteiger charge is 2.70. The number of hydrogen-bond acceptors (Lipinski definition) is 3. The fourth-order valence-corrected chi connectivity index (χ4v) is 7.50. The summed E-state index contributed by atoms with van der Waals surface area (Å²) < 4.78 is 0. The lowest BCUT2D eigenvalue weighted by molar-refractivity contribution is -0.216. The average molecular weight is 334 g/mol. The number of aliphatic hydroxyl groups is 2. The van der Waals surface area contributed by atoms with Crippen LogP contribution in [-0.4, -0.2) is 33.0 Å². The second-order valence-corrected chi connectivity index (χ2v) is 9.70. The molecule has 7 atom stereocenters. The highest BCUT2D eigenvalue weighted by atomic mass is 16.4. The monoisotopic (exact) mass is 334 g/mol. The lowest BCUT2D eigenvalue weighted by Crippen LogP contribution is -2.63. The predicted octanol–water partition coefficient (Wildman–Crippen LogP) is 3.13. The Labute approximate surface area is 144 Å². The van der Waals surface area contributed by atoms with Crippen molar-refractivity contribution in [2.75, 3.05) is 0 Å². The molecule has 0 aromatic heterocycles. The normalized spacial score (nSPS) is 56.5. The molecule has 4 aliphatic carbocycles. The molecule has 24 heavy (non-hydrogen) atoms. The van der Waals surface area contributed by atoms with Crippen molar-refractivity contribution in [1.82, 2.24) is 0 Å². The summed E-state index contributed by atoms with van der Waals surface area (Å²) in [6, 6.07) is 0. The zero-order valence-corrected chi connectivity index (χ0v) is 14.8. The van der Waals surface area contributed by atoms with E-state index < -0.39 is 23.1 Å². The molecule has 4 heteroatoms. The van der Waals surface area contributed by atoms with Gasteiger partial charge in [0, 0.05) is 5.41 Å². The van der Waals surface area contributed by atoms with Crippen molar-refractivity contribution in [1.29, 1.82) is 0 Å². The van der Waals surface area contributed by atoms with Gasteiger partial charge in [-0.15, -0.1) is 0 Å². The largest absolute Gasteiger partial charge is 0.481 e. The van der Waals surface area contributed by atoms with E-state index in [1.807, 2.05) is 6.92 Å². The van der Waals surface area contributed by atoms with Gasteiger partial charge in [0.05, 0.1) is 17.1 Å². The molecule has 0 aromatic carbocycles. The molecule has 4 nitrogen and oxygen atoms in total. The minimum absolute atomic E-state index is 0.00179. The van der Waals surface area contributed by atoms with Crippen LogP contribution in [0.5, 0.6) is 0 Å². The van der Waals surface area contributed by atoms with E-state index in [0.717, 1.165) is 24.8 Å². The first kappa shape index (κ1) is 16.6. The molecule has 0 saturated heterocycles. The van der Waals surface area contributed by atoms with E-state index in [-0.39, 0.29) is 22.7 Å². The van der Waals surface area contributed by atoms with Crippen molar-refractivity contribution in [2.24, 2.45) is 28.1 Å². The maximum Gasteiger partial charge on any atom is 0.309 e. The molecule has 2 bridgehead atoms. The van der Waals surface area contributed by atoms with Crippen LogP contribution in [0.2, 0.25) is 0 Å². The zero-order valence-electron chi connectivity index (χ0n) is 14.8. The topological polar surface area (TPSA) is 77.8 Å². The summed E-state index contributed by atoms with van der Waals surface area (Å²) in [6.07, 6.45) is 5.55. The Bertz CT molecular complexity index is 615. The fraction of sp³-hybridized carbons (Fsp3) is 0.850. The van der Waals surface area contributed by atoms with Crippen molar-refractivity contribution in [3.05, 3.63) is 12.2 Å². The van der Waals surface area contributed by atoms with Crippen LogP contribution in [0, 0.1) is 28.1 Å². The number of hydrogen-bond donors (Lipinski definition) is 3. The standard InChI is InChI=1S/C20H30O4/c1-12-10-19-11-20(12,24)8-5-13(19)17(2)6-4-7-18(3,16(22)23)14(17)9-15(19)21/h13-15,21,24H,1,4-11H2,2-3H3,(H,22,23)/t13-,14-,15-,17-,18+,19-,20-/m0/s1. The summed E-state index contributed by atoms with van der Waals surface area (Å²) in [4.78, 5) is 12.1. The van der Waals surface area contributed by atoms with Crippen LogP contribution in [0.1, 0.15) is 65.2 Å². The maximum atomic E-state index is 12.1. The van der Waals surface area contributed by atoms with Crippen LogP contribution in [0.25, 0.3) is 0 Å². The van der Waals surface area contributed by atoms with Gasteiger partial charge >= 0.3 is 5.97 Å². The van der Waals surface area contributed by atoms with E-state index in [9.17, 15) is 20.1 Å². The molecule has 0 heterocycles. The molecule has 0 aromatic rings. The Morgan fingerprint density at radius 3 is 2.58 bits per heavy atom. The first-order valence-electron chi connectivity index (χ1n) is 9.41. The van der Waals surface area contributed by atoms with E-state index in [4.69, 9.17) is 0 Å². The first-order chi connectivity index (χ1) is 11.1. The van der Waals surface area contributed by atoms with E-state index in [0.29, 0.717) is 32.1 Å². The third kappa shape index (κ3) is 1.74. The number of fused-ring (bicyclic) bond motifs is 3. The molecule has 4 aliphatic rings. The van der Waals surface area contributed by atoms with Crippen molar-refractivity contribution < 1.29 is 20.1 Å². The maximum absolute atomic E-state index is 12.1. The Hall–Kier alpha value is -0.870. The van der Waals surface area contributed by atoms with Crippen molar-refractivity contribution in [3.63, 3.8) is 0 Å². The number of carboxylic acid groups (broad SMARTS) is 1. The van der Waals surface area contributed by atoms with Crippen LogP contribution in [0.15, 0.2) is 12.2 Å². The van der Waals surface area contributed by atoms with Crippen molar-refractivity contribution in [2.45, 2.75) is 76.9 Å². The molecule has 0 aliphatic heterocycles. The molecular weight excluding hydrogens is 304 g/mol. The summed E-state index contributed by atoms with van der Waals surface area (Å²) in [6.45, 7) is 8.27. The molecule has 0 radical (unpaired) electrons. The number of aliphatic carboxylic acids is 1. The summed E-state index contributed by atoms with van der Waals surface area (Å²) in [5, 5.41) is 32.0. The Kier molecular flexibility index (Phi) is 3.21. The van der Waals surface area contributed by atoms with E-state index >= 15 is 0 Å². The molecular formula is C20H30O4. The minimum atomic E-state index is -0.814. The minimum Gasteiger partial charge on any atom is -0.481 e. The van der Waals surface area contributed by atoms with Crippen LogP contribution in [-0.2, 0) is 4.79 Å². The molecule has 3 N–H and O–H groups in total. The van der Waals surface area contributed by atoms with Crippen LogP contribution in [0.4, 0.5) is 0 Å². The summed E-state index contributed by atoms with van der Waals surface area (Å²) in [5.41, 5.74) is -1.06. The molecule has 4 rings (SSSR count). The highest BCUT2D eigenvalue weighted by molar-refractivity contribution is 5.75. The smallest absolute Gasteiger partial charge is 0.309 e. The van der Waals surface area contributed by atoms with Gasteiger partial charge in [-0.25, -0.2) is 0 Å². The van der Waals surface area contributed by atoms with Gasteiger partial charge < -0.3 is 15.3 Å². The van der Waals surface area contributed by atoms with Gasteiger partial charge in [0.25, 0.3) is 0 Å². The van der Waals surface area contributed by atoms with E-state index in [1.54, 1.807) is 0 Å². The van der Waals surface area contributed by atoms with Crippen LogP contribution < -0.4 is 0 Å². The first-order valence-corrected chi connectivity index (χ1v) is 9.41. The van der Waals surface area contributed by atoms with Gasteiger partial charge in [-0.3, -0.25) is 4.79 Å². The second kappa shape index (κ2) is 4.64. The average Bonchev–Trinajstić information content (AvgIpc) is 2.68. The van der Waals surface area contributed by atoms with Crippen molar-refractivity contribution >= 4 is 5.97 Å². The number of carbonyl (C=O) groups is 1. The Morgan fingerprint density at radius 1 is 1.21 bits per heavy atom. The Balaban J connectivity index is 1.81. The third-order valence-electron chi connectivity index (χ3n) is 8.75. The van der Waals surface area contributed by atoms with E-state index in [1.165, 1.54) is 0 Å². The summed E-state index contributed by atoms with van der Waals surface area (Å²) in [7, 11) is 0. The fourth-order valence-electron chi connectivity index (χ4n) is 7.50. The highest BCUT2D eigenvalue weighted by Crippen LogP contribution is 2.72. The predicted molar refractivity (Wildman–Crippen MR) is 90.3 cm³/mol. The SMILES string of the molecule is C=C1C[C@]23C[C@@]1(O)CC[C@H]2[C@]1(C)CCC[C@@](C)(C(=O)O)[C@H]1C[C@@H]3O. The summed E-state index contributed by atoms with van der Waals surface area (Å²) >= 11 is 0. The lowest BCUT2D eigenvalue weighted by atomic mass is 9.40. The molecule has 0 unspecified atom stereocenters. The Morgan fingerprint density at radius 2 is 1.92 bits per heavy atom. The van der Waals surface area contributed by atoms with Gasteiger partial charge in [-0.2, -0.15) is 0 Å². The molecule has 1 spiro atoms. The number of rotatable bonds is 1. The van der Waals surface area contributed by atoms with Gasteiger partial charge in [0.1, 0.15) is 0 Å².